The van der Waals surface area contributed by atoms with E-state index < -0.39 is 17.4 Å². The van der Waals surface area contributed by atoms with Gasteiger partial charge in [0.05, 0.1) is 12.7 Å². The lowest BCUT2D eigenvalue weighted by atomic mass is 9.87. The normalized spacial score (nSPS) is 13.0. The molecule has 0 rings (SSSR count). The van der Waals surface area contributed by atoms with Gasteiger partial charge in [0.2, 0.25) is 11.8 Å². The van der Waals surface area contributed by atoms with Crippen molar-refractivity contribution in [1.82, 2.24) is 10.6 Å². The quantitative estimate of drug-likeness (QED) is 0.382. The molecule has 0 aliphatic heterocycles. The Labute approximate surface area is 138 Å². The zero-order chi connectivity index (χ0) is 17.9. The fraction of sp³-hybridized carbons (Fsp3) is 0.875. The Morgan fingerprint density at radius 2 is 1.74 bits per heavy atom. The highest BCUT2D eigenvalue weighted by Crippen LogP contribution is 2.19. The van der Waals surface area contributed by atoms with Crippen molar-refractivity contribution >= 4 is 11.8 Å². The first-order valence-corrected chi connectivity index (χ1v) is 8.15. The molecule has 0 aliphatic carbocycles. The second-order valence-electron chi connectivity index (χ2n) is 6.57. The Bertz CT molecular complexity index is 358. The van der Waals surface area contributed by atoms with Crippen LogP contribution in [0.15, 0.2) is 0 Å². The van der Waals surface area contributed by atoms with Crippen LogP contribution in [0.25, 0.3) is 0 Å². The minimum absolute atomic E-state index is 0.0694. The number of amides is 2. The summed E-state index contributed by atoms with van der Waals surface area (Å²) >= 11 is 0. The van der Waals surface area contributed by atoms with Crippen LogP contribution in [0.4, 0.5) is 0 Å². The van der Waals surface area contributed by atoms with E-state index in [0.717, 1.165) is 6.42 Å². The maximum Gasteiger partial charge on any atom is 0.249 e. The number of carbonyl (C=O) groups is 2. The third-order valence-corrected chi connectivity index (χ3v) is 3.37. The van der Waals surface area contributed by atoms with Crippen LogP contribution in [0.5, 0.6) is 0 Å². The van der Waals surface area contributed by atoms with Gasteiger partial charge in [0.25, 0.3) is 0 Å². The van der Waals surface area contributed by atoms with Crippen molar-refractivity contribution in [2.24, 2.45) is 5.41 Å². The van der Waals surface area contributed by atoms with Gasteiger partial charge in [-0.3, -0.25) is 9.59 Å². The minimum Gasteiger partial charge on any atom is -0.396 e. The summed E-state index contributed by atoms with van der Waals surface area (Å²) in [7, 11) is 0. The second kappa shape index (κ2) is 11.4. The summed E-state index contributed by atoms with van der Waals surface area (Å²) in [6, 6.07) is 0. The third kappa shape index (κ3) is 10.3. The standard InChI is InChI=1S/C16H32N2O5/c1-12(2)23-10-6-9-17-13(20)7-5-8-18-15(22)14(21)16(3,4)11-19/h12,14,19,21H,5-11H2,1-4H3,(H,17,20)(H,18,22)/t14-/m0/s1. The van der Waals surface area contributed by atoms with E-state index in [2.05, 4.69) is 10.6 Å². The van der Waals surface area contributed by atoms with Crippen molar-refractivity contribution in [2.75, 3.05) is 26.3 Å². The molecule has 0 saturated heterocycles. The number of ether oxygens (including phenoxy) is 1. The lowest BCUT2D eigenvalue weighted by Gasteiger charge is -2.27. The molecule has 0 unspecified atom stereocenters. The molecule has 0 saturated carbocycles. The van der Waals surface area contributed by atoms with Crippen molar-refractivity contribution in [2.45, 2.75) is 59.2 Å². The number of aliphatic hydroxyl groups excluding tert-OH is 2. The molecule has 0 heterocycles. The molecule has 2 amide bonds. The summed E-state index contributed by atoms with van der Waals surface area (Å²) in [6.45, 7) is 8.35. The zero-order valence-corrected chi connectivity index (χ0v) is 14.7. The number of nitrogens with one attached hydrogen (secondary N) is 2. The van der Waals surface area contributed by atoms with Crippen LogP contribution in [-0.2, 0) is 14.3 Å². The van der Waals surface area contributed by atoms with Gasteiger partial charge >= 0.3 is 0 Å². The molecule has 136 valence electrons. The van der Waals surface area contributed by atoms with Crippen LogP contribution in [0, 0.1) is 5.41 Å². The van der Waals surface area contributed by atoms with E-state index in [1.165, 1.54) is 0 Å². The van der Waals surface area contributed by atoms with E-state index in [1.807, 2.05) is 13.8 Å². The summed E-state index contributed by atoms with van der Waals surface area (Å²) < 4.78 is 5.37. The van der Waals surface area contributed by atoms with Gasteiger partial charge in [-0.1, -0.05) is 13.8 Å². The van der Waals surface area contributed by atoms with Crippen molar-refractivity contribution < 1.29 is 24.5 Å². The fourth-order valence-corrected chi connectivity index (χ4v) is 1.71. The van der Waals surface area contributed by atoms with Crippen LogP contribution in [-0.4, -0.2) is 60.5 Å². The van der Waals surface area contributed by atoms with Crippen molar-refractivity contribution in [3.63, 3.8) is 0 Å². The van der Waals surface area contributed by atoms with Crippen LogP contribution >= 0.6 is 0 Å². The molecule has 0 aromatic heterocycles. The molecule has 1 atom stereocenters. The molecule has 7 heteroatoms. The number of rotatable bonds is 12. The van der Waals surface area contributed by atoms with Crippen molar-refractivity contribution in [1.29, 1.82) is 0 Å². The lowest BCUT2D eigenvalue weighted by Crippen LogP contribution is -2.45. The molecule has 0 spiro atoms. The number of hydrogen-bond donors (Lipinski definition) is 4. The van der Waals surface area contributed by atoms with E-state index in [-0.39, 0.29) is 18.6 Å². The summed E-state index contributed by atoms with van der Waals surface area (Å²) in [6.07, 6.45) is 0.489. The Morgan fingerprint density at radius 3 is 2.30 bits per heavy atom. The van der Waals surface area contributed by atoms with Gasteiger partial charge in [0.15, 0.2) is 0 Å². The predicted molar refractivity (Wildman–Crippen MR) is 87.8 cm³/mol. The molecule has 0 bridgehead atoms. The molecule has 7 nitrogen and oxygen atoms in total. The first-order valence-electron chi connectivity index (χ1n) is 8.15. The topological polar surface area (TPSA) is 108 Å². The van der Waals surface area contributed by atoms with E-state index in [9.17, 15) is 14.7 Å². The summed E-state index contributed by atoms with van der Waals surface area (Å²) in [4.78, 5) is 23.3. The predicted octanol–water partition coefficient (Wildman–Crippen LogP) is 0.194. The van der Waals surface area contributed by atoms with Crippen LogP contribution < -0.4 is 10.6 Å². The van der Waals surface area contributed by atoms with Gasteiger partial charge in [-0.25, -0.2) is 0 Å². The van der Waals surface area contributed by atoms with E-state index in [1.54, 1.807) is 13.8 Å². The number of hydrogen-bond acceptors (Lipinski definition) is 5. The molecule has 0 aromatic carbocycles. The highest BCUT2D eigenvalue weighted by atomic mass is 16.5. The minimum atomic E-state index is -1.28. The van der Waals surface area contributed by atoms with Gasteiger partial charge in [0.1, 0.15) is 6.10 Å². The molecule has 0 fully saturated rings. The average Bonchev–Trinajstić information content (AvgIpc) is 2.49. The maximum atomic E-state index is 11.7. The monoisotopic (exact) mass is 332 g/mol. The first-order chi connectivity index (χ1) is 10.7. The zero-order valence-electron chi connectivity index (χ0n) is 14.7. The summed E-state index contributed by atoms with van der Waals surface area (Å²) in [5.74, 6) is -0.602. The number of carbonyl (C=O) groups excluding carboxylic acids is 2. The van der Waals surface area contributed by atoms with Crippen LogP contribution in [0.1, 0.15) is 47.0 Å². The molecular formula is C16H32N2O5. The highest BCUT2D eigenvalue weighted by molar-refractivity contribution is 5.81. The lowest BCUT2D eigenvalue weighted by molar-refractivity contribution is -0.137. The Morgan fingerprint density at radius 1 is 1.13 bits per heavy atom. The van der Waals surface area contributed by atoms with Gasteiger partial charge in [-0.05, 0) is 26.7 Å². The molecule has 4 N–H and O–H groups in total. The van der Waals surface area contributed by atoms with Crippen molar-refractivity contribution in [3.05, 3.63) is 0 Å². The van der Waals surface area contributed by atoms with Crippen LogP contribution in [0.2, 0.25) is 0 Å². The maximum absolute atomic E-state index is 11.7. The average molecular weight is 332 g/mol. The molecule has 23 heavy (non-hydrogen) atoms. The Balaban J connectivity index is 3.71. The third-order valence-electron chi connectivity index (χ3n) is 3.37. The molecule has 0 radical (unpaired) electrons. The van der Waals surface area contributed by atoms with Crippen LogP contribution in [0.3, 0.4) is 0 Å². The molecule has 0 aliphatic rings. The van der Waals surface area contributed by atoms with E-state index in [4.69, 9.17) is 9.84 Å². The molecule has 0 aromatic rings. The fourth-order valence-electron chi connectivity index (χ4n) is 1.71. The summed E-state index contributed by atoms with van der Waals surface area (Å²) in [5, 5.41) is 24.3. The van der Waals surface area contributed by atoms with Gasteiger partial charge < -0.3 is 25.6 Å². The Kier molecular flexibility index (Phi) is 10.8. The Hall–Kier alpha value is -1.18. The van der Waals surface area contributed by atoms with Crippen molar-refractivity contribution in [3.8, 4) is 0 Å². The largest absolute Gasteiger partial charge is 0.396 e. The van der Waals surface area contributed by atoms with Gasteiger partial charge in [0, 0.05) is 31.5 Å². The summed E-state index contributed by atoms with van der Waals surface area (Å²) in [5.41, 5.74) is -0.889. The van der Waals surface area contributed by atoms with E-state index >= 15 is 0 Å². The number of aliphatic hydroxyl groups is 2. The first kappa shape index (κ1) is 21.8. The van der Waals surface area contributed by atoms with Gasteiger partial charge in [-0.15, -0.1) is 0 Å². The van der Waals surface area contributed by atoms with Gasteiger partial charge in [-0.2, -0.15) is 0 Å². The second-order valence-corrected chi connectivity index (χ2v) is 6.57. The smallest absolute Gasteiger partial charge is 0.249 e. The molecular weight excluding hydrogens is 300 g/mol. The van der Waals surface area contributed by atoms with E-state index in [0.29, 0.717) is 32.5 Å². The SMILES string of the molecule is CC(C)OCCCNC(=O)CCCNC(=O)[C@H](O)C(C)(C)CO. The highest BCUT2D eigenvalue weighted by Gasteiger charge is 2.32.